The Bertz CT molecular complexity index is 606. The molecule has 1 N–H and O–H groups in total. The van der Waals surface area contributed by atoms with Gasteiger partial charge in [-0.1, -0.05) is 6.07 Å². The number of nitrogens with zero attached hydrogens (tertiary/aromatic N) is 3. The van der Waals surface area contributed by atoms with E-state index in [1.54, 1.807) is 6.20 Å². The molecule has 2 heterocycles. The number of likely N-dealkylation sites (N-methyl/N-ethyl adjacent to an activating group) is 1. The highest BCUT2D eigenvalue weighted by Gasteiger charge is 2.21. The minimum atomic E-state index is 0.277. The summed E-state index contributed by atoms with van der Waals surface area (Å²) in [5.41, 5.74) is 1.84. The Labute approximate surface area is 119 Å². The lowest BCUT2D eigenvalue weighted by Crippen LogP contribution is -2.45. The lowest BCUT2D eigenvalue weighted by molar-refractivity contribution is 0.119. The van der Waals surface area contributed by atoms with Gasteiger partial charge in [-0.15, -0.1) is 0 Å². The Morgan fingerprint density at radius 2 is 1.95 bits per heavy atom. The van der Waals surface area contributed by atoms with Gasteiger partial charge in [0.25, 0.3) is 0 Å². The molecule has 0 radical (unpaired) electrons. The summed E-state index contributed by atoms with van der Waals surface area (Å²) in [5.74, 6) is 0.277. The highest BCUT2D eigenvalue weighted by atomic mass is 16.3. The molecule has 0 aliphatic carbocycles. The molecule has 20 heavy (non-hydrogen) atoms. The van der Waals surface area contributed by atoms with E-state index in [0.717, 1.165) is 37.1 Å². The Balaban J connectivity index is 1.89. The number of hydrogen-bond donors (Lipinski definition) is 1. The topological polar surface area (TPSA) is 39.6 Å². The quantitative estimate of drug-likeness (QED) is 0.909. The van der Waals surface area contributed by atoms with Crippen molar-refractivity contribution >= 4 is 10.9 Å². The lowest BCUT2D eigenvalue weighted by atomic mass is 10.0. The van der Waals surface area contributed by atoms with Crippen molar-refractivity contribution in [2.45, 2.75) is 13.0 Å². The van der Waals surface area contributed by atoms with Crippen molar-refractivity contribution in [2.24, 2.45) is 0 Å². The molecule has 1 aromatic heterocycles. The van der Waals surface area contributed by atoms with Crippen molar-refractivity contribution in [1.82, 2.24) is 14.8 Å². The van der Waals surface area contributed by atoms with E-state index in [-0.39, 0.29) is 5.75 Å². The molecule has 0 saturated carbocycles. The number of phenols is 1. The van der Waals surface area contributed by atoms with Crippen molar-refractivity contribution in [3.8, 4) is 5.75 Å². The number of fused-ring (bicyclic) bond motifs is 1. The third-order valence-electron chi connectivity index (χ3n) is 4.28. The number of hydrogen-bond acceptors (Lipinski definition) is 4. The Morgan fingerprint density at radius 3 is 2.70 bits per heavy atom. The van der Waals surface area contributed by atoms with Gasteiger partial charge in [-0.25, -0.2) is 0 Å². The molecule has 3 rings (SSSR count). The van der Waals surface area contributed by atoms with Crippen LogP contribution >= 0.6 is 0 Å². The van der Waals surface area contributed by atoms with Crippen LogP contribution in [-0.4, -0.2) is 53.1 Å². The highest BCUT2D eigenvalue weighted by molar-refractivity contribution is 5.84. The van der Waals surface area contributed by atoms with Crippen LogP contribution in [0.1, 0.15) is 18.5 Å². The predicted octanol–water partition coefficient (Wildman–Crippen LogP) is 2.25. The number of piperazine rings is 1. The largest absolute Gasteiger partial charge is 0.506 e. The number of aromatic hydroxyl groups is 1. The van der Waals surface area contributed by atoms with Gasteiger partial charge in [-0.3, -0.25) is 9.88 Å². The molecule has 1 aliphatic rings. The molecule has 1 aliphatic heterocycles. The van der Waals surface area contributed by atoms with Gasteiger partial charge >= 0.3 is 0 Å². The monoisotopic (exact) mass is 271 g/mol. The number of aromatic nitrogens is 1. The van der Waals surface area contributed by atoms with Crippen LogP contribution < -0.4 is 0 Å². The molecule has 1 atom stereocenters. The van der Waals surface area contributed by atoms with Gasteiger partial charge in [0.2, 0.25) is 0 Å². The summed E-state index contributed by atoms with van der Waals surface area (Å²) in [6, 6.07) is 8.23. The summed E-state index contributed by atoms with van der Waals surface area (Å²) in [6.45, 7) is 6.56. The zero-order valence-electron chi connectivity index (χ0n) is 12.1. The van der Waals surface area contributed by atoms with E-state index in [0.29, 0.717) is 11.6 Å². The number of rotatable bonds is 2. The summed E-state index contributed by atoms with van der Waals surface area (Å²) in [6.07, 6.45) is 1.71. The van der Waals surface area contributed by atoms with Crippen molar-refractivity contribution in [1.29, 1.82) is 0 Å². The van der Waals surface area contributed by atoms with Gasteiger partial charge in [0, 0.05) is 43.8 Å². The van der Waals surface area contributed by atoms with E-state index in [1.807, 2.05) is 18.2 Å². The fourth-order valence-corrected chi connectivity index (χ4v) is 2.86. The van der Waals surface area contributed by atoms with Crippen LogP contribution in [0.15, 0.2) is 30.5 Å². The predicted molar refractivity (Wildman–Crippen MR) is 80.9 cm³/mol. The summed E-state index contributed by atoms with van der Waals surface area (Å²) in [4.78, 5) is 9.05. The maximum absolute atomic E-state index is 10.2. The van der Waals surface area contributed by atoms with E-state index in [2.05, 4.69) is 34.8 Å². The first-order chi connectivity index (χ1) is 9.65. The first kappa shape index (κ1) is 13.3. The maximum Gasteiger partial charge on any atom is 0.142 e. The van der Waals surface area contributed by atoms with Crippen LogP contribution in [0.4, 0.5) is 0 Å². The fraction of sp³-hybridized carbons (Fsp3) is 0.438. The van der Waals surface area contributed by atoms with Crippen LogP contribution in [0.3, 0.4) is 0 Å². The standard InChI is InChI=1S/C16H21N3O/c1-12(19-8-6-18(2)7-9-19)14-10-13-4-3-5-17-16(13)15(20)11-14/h3-5,10-12,20H,6-9H2,1-2H3. The zero-order valence-corrected chi connectivity index (χ0v) is 12.1. The molecular weight excluding hydrogens is 250 g/mol. The Hall–Kier alpha value is -1.65. The summed E-state index contributed by atoms with van der Waals surface area (Å²) >= 11 is 0. The normalized spacial score (nSPS) is 19.3. The molecule has 1 aromatic carbocycles. The van der Waals surface area contributed by atoms with Crippen LogP contribution in [-0.2, 0) is 0 Å². The molecule has 0 spiro atoms. The van der Waals surface area contributed by atoms with Crippen LogP contribution in [0.25, 0.3) is 10.9 Å². The second-order valence-electron chi connectivity index (χ2n) is 5.63. The summed E-state index contributed by atoms with van der Waals surface area (Å²) < 4.78 is 0. The van der Waals surface area contributed by atoms with Gasteiger partial charge in [0.1, 0.15) is 11.3 Å². The molecule has 1 unspecified atom stereocenters. The van der Waals surface area contributed by atoms with E-state index in [4.69, 9.17) is 0 Å². The summed E-state index contributed by atoms with van der Waals surface area (Å²) in [5, 5.41) is 11.2. The molecule has 0 amide bonds. The van der Waals surface area contributed by atoms with Crippen molar-refractivity contribution in [3.05, 3.63) is 36.0 Å². The average molecular weight is 271 g/mol. The van der Waals surface area contributed by atoms with Gasteiger partial charge in [-0.05, 0) is 37.7 Å². The second kappa shape index (κ2) is 5.38. The number of pyridine rings is 1. The van der Waals surface area contributed by atoms with Gasteiger partial charge in [-0.2, -0.15) is 0 Å². The average Bonchev–Trinajstić information content (AvgIpc) is 2.47. The SMILES string of the molecule is CC(c1cc(O)c2ncccc2c1)N1CCN(C)CC1. The molecule has 1 fully saturated rings. The minimum absolute atomic E-state index is 0.277. The third-order valence-corrected chi connectivity index (χ3v) is 4.28. The second-order valence-corrected chi connectivity index (χ2v) is 5.63. The number of phenolic OH excluding ortho intramolecular Hbond substituents is 1. The van der Waals surface area contributed by atoms with Gasteiger partial charge in [0.05, 0.1) is 0 Å². The maximum atomic E-state index is 10.2. The van der Waals surface area contributed by atoms with Crippen molar-refractivity contribution < 1.29 is 5.11 Å². The van der Waals surface area contributed by atoms with Crippen molar-refractivity contribution in [2.75, 3.05) is 33.2 Å². The molecule has 4 heteroatoms. The third kappa shape index (κ3) is 2.49. The molecule has 2 aromatic rings. The smallest absolute Gasteiger partial charge is 0.142 e. The van der Waals surface area contributed by atoms with Crippen molar-refractivity contribution in [3.63, 3.8) is 0 Å². The molecule has 4 nitrogen and oxygen atoms in total. The minimum Gasteiger partial charge on any atom is -0.506 e. The Morgan fingerprint density at radius 1 is 1.20 bits per heavy atom. The van der Waals surface area contributed by atoms with Crippen LogP contribution in [0.5, 0.6) is 5.75 Å². The van der Waals surface area contributed by atoms with Gasteiger partial charge < -0.3 is 10.0 Å². The lowest BCUT2D eigenvalue weighted by Gasteiger charge is -2.36. The first-order valence-electron chi connectivity index (χ1n) is 7.15. The van der Waals surface area contributed by atoms with E-state index in [9.17, 15) is 5.11 Å². The zero-order chi connectivity index (χ0) is 14.1. The molecule has 0 bridgehead atoms. The molecule has 1 saturated heterocycles. The molecular formula is C16H21N3O. The Kier molecular flexibility index (Phi) is 3.59. The van der Waals surface area contributed by atoms with E-state index >= 15 is 0 Å². The van der Waals surface area contributed by atoms with Crippen LogP contribution in [0.2, 0.25) is 0 Å². The highest BCUT2D eigenvalue weighted by Crippen LogP contribution is 2.30. The summed E-state index contributed by atoms with van der Waals surface area (Å²) in [7, 11) is 2.16. The molecule has 106 valence electrons. The van der Waals surface area contributed by atoms with Gasteiger partial charge in [0.15, 0.2) is 0 Å². The van der Waals surface area contributed by atoms with E-state index in [1.165, 1.54) is 0 Å². The number of benzene rings is 1. The van der Waals surface area contributed by atoms with E-state index < -0.39 is 0 Å². The van der Waals surface area contributed by atoms with Crippen LogP contribution in [0, 0.1) is 0 Å². The fourth-order valence-electron chi connectivity index (χ4n) is 2.86. The first-order valence-corrected chi connectivity index (χ1v) is 7.15.